The van der Waals surface area contributed by atoms with Gasteiger partial charge in [0.1, 0.15) is 0 Å². The van der Waals surface area contributed by atoms with Crippen LogP contribution in [0.15, 0.2) is 52.3 Å². The van der Waals surface area contributed by atoms with Crippen LogP contribution in [0.4, 0.5) is 5.69 Å². The van der Waals surface area contributed by atoms with E-state index in [0.29, 0.717) is 20.6 Å². The molecule has 3 N–H and O–H groups in total. The molecule has 0 aromatic heterocycles. The van der Waals surface area contributed by atoms with Crippen molar-refractivity contribution < 1.29 is 13.2 Å². The zero-order valence-electron chi connectivity index (χ0n) is 11.6. The summed E-state index contributed by atoms with van der Waals surface area (Å²) in [4.78, 5) is 12.6. The van der Waals surface area contributed by atoms with Gasteiger partial charge in [0.05, 0.1) is 15.7 Å². The minimum Gasteiger partial charge on any atom is -0.325 e. The van der Waals surface area contributed by atoms with Crippen LogP contribution in [0.1, 0.15) is 0 Å². The summed E-state index contributed by atoms with van der Waals surface area (Å²) < 4.78 is 22.6. The molecule has 2 aromatic carbocycles. The van der Waals surface area contributed by atoms with E-state index in [0.717, 1.165) is 0 Å². The average molecular weight is 391 g/mol. The van der Waals surface area contributed by atoms with Crippen LogP contribution in [0, 0.1) is 0 Å². The lowest BCUT2D eigenvalue weighted by Crippen LogP contribution is -2.16. The van der Waals surface area contributed by atoms with Crippen molar-refractivity contribution >= 4 is 56.6 Å². The summed E-state index contributed by atoms with van der Waals surface area (Å²) in [6.07, 6.45) is 0. The van der Waals surface area contributed by atoms with Gasteiger partial charge in [-0.3, -0.25) is 4.79 Å². The number of nitrogens with one attached hydrogen (secondary N) is 1. The molecule has 0 spiro atoms. The third-order valence-corrected chi connectivity index (χ3v) is 5.34. The number of benzene rings is 2. The third kappa shape index (κ3) is 5.40. The number of amides is 1. The molecule has 0 atom stereocenters. The van der Waals surface area contributed by atoms with Gasteiger partial charge >= 0.3 is 0 Å². The second-order valence-electron chi connectivity index (χ2n) is 4.48. The van der Waals surface area contributed by atoms with Crippen molar-refractivity contribution in [2.24, 2.45) is 5.14 Å². The van der Waals surface area contributed by atoms with Gasteiger partial charge in [-0.05, 0) is 36.4 Å². The van der Waals surface area contributed by atoms with Gasteiger partial charge in [-0.15, -0.1) is 11.8 Å². The fourth-order valence-electron chi connectivity index (χ4n) is 1.68. The summed E-state index contributed by atoms with van der Waals surface area (Å²) in [5, 5.41) is 8.68. The average Bonchev–Trinajstić information content (AvgIpc) is 2.47. The highest BCUT2D eigenvalue weighted by Crippen LogP contribution is 2.29. The van der Waals surface area contributed by atoms with E-state index in [4.69, 9.17) is 28.3 Å². The topological polar surface area (TPSA) is 89.3 Å². The van der Waals surface area contributed by atoms with E-state index in [1.807, 2.05) is 0 Å². The molecule has 0 aliphatic carbocycles. The van der Waals surface area contributed by atoms with E-state index in [9.17, 15) is 13.2 Å². The molecule has 122 valence electrons. The highest BCUT2D eigenvalue weighted by molar-refractivity contribution is 8.00. The Labute approximate surface area is 148 Å². The molecule has 2 aromatic rings. The second kappa shape index (κ2) is 7.55. The van der Waals surface area contributed by atoms with E-state index < -0.39 is 10.0 Å². The minimum atomic E-state index is -3.82. The van der Waals surface area contributed by atoms with Crippen molar-refractivity contribution in [2.45, 2.75) is 9.79 Å². The van der Waals surface area contributed by atoms with Crippen LogP contribution >= 0.6 is 35.0 Å². The number of sulfonamides is 1. The van der Waals surface area contributed by atoms with Gasteiger partial charge in [0.15, 0.2) is 0 Å². The lowest BCUT2D eigenvalue weighted by Gasteiger charge is -2.07. The molecular weight excluding hydrogens is 379 g/mol. The molecule has 0 saturated carbocycles. The zero-order chi connectivity index (χ0) is 17.0. The van der Waals surface area contributed by atoms with Gasteiger partial charge < -0.3 is 5.32 Å². The van der Waals surface area contributed by atoms with Gasteiger partial charge in [-0.2, -0.15) is 0 Å². The lowest BCUT2D eigenvalue weighted by molar-refractivity contribution is -0.113. The number of thioether (sulfide) groups is 1. The number of halogens is 2. The normalized spacial score (nSPS) is 11.3. The summed E-state index contributed by atoms with van der Waals surface area (Å²) in [6.45, 7) is 0. The fourth-order valence-corrected chi connectivity index (χ4v) is 3.53. The first kappa shape index (κ1) is 18.1. The van der Waals surface area contributed by atoms with Crippen LogP contribution in [-0.2, 0) is 14.8 Å². The number of hydrogen-bond donors (Lipinski definition) is 2. The number of rotatable bonds is 5. The van der Waals surface area contributed by atoms with Crippen molar-refractivity contribution in [2.75, 3.05) is 11.1 Å². The molecular formula is C14H12Cl2N2O3S2. The second-order valence-corrected chi connectivity index (χ2v) is 7.91. The van der Waals surface area contributed by atoms with Crippen molar-refractivity contribution in [3.05, 3.63) is 52.5 Å². The highest BCUT2D eigenvalue weighted by atomic mass is 35.5. The van der Waals surface area contributed by atoms with E-state index in [1.165, 1.54) is 30.0 Å². The number of nitrogens with two attached hydrogens (primary N) is 1. The molecule has 0 fully saturated rings. The fraction of sp³-hybridized carbons (Fsp3) is 0.0714. The Balaban J connectivity index is 2.01. The molecule has 0 aliphatic rings. The molecule has 0 heterocycles. The molecule has 0 saturated heterocycles. The predicted octanol–water partition coefficient (Wildman–Crippen LogP) is 3.37. The standard InChI is InChI=1S/C14H12Cl2N2O3S2/c15-9-4-5-12(16)13(6-9)22-8-14(19)18-10-2-1-3-11(7-10)23(17,20)21/h1-7H,8H2,(H,18,19)(H2,17,20,21). The Bertz CT molecular complexity index is 842. The minimum absolute atomic E-state index is 0.0687. The quantitative estimate of drug-likeness (QED) is 0.765. The predicted molar refractivity (Wildman–Crippen MR) is 93.6 cm³/mol. The van der Waals surface area contributed by atoms with Crippen LogP contribution in [0.3, 0.4) is 0 Å². The summed E-state index contributed by atoms with van der Waals surface area (Å²) in [7, 11) is -3.82. The Morgan fingerprint density at radius 2 is 1.91 bits per heavy atom. The number of primary sulfonamides is 1. The van der Waals surface area contributed by atoms with Gasteiger partial charge in [0.2, 0.25) is 15.9 Å². The first-order chi connectivity index (χ1) is 10.8. The maximum atomic E-state index is 12.0. The first-order valence-electron chi connectivity index (χ1n) is 6.26. The van der Waals surface area contributed by atoms with Crippen LogP contribution in [-0.4, -0.2) is 20.1 Å². The Hall–Kier alpha value is -1.25. The van der Waals surface area contributed by atoms with E-state index in [1.54, 1.807) is 24.3 Å². The number of hydrogen-bond acceptors (Lipinski definition) is 4. The SMILES string of the molecule is NS(=O)(=O)c1cccc(NC(=O)CSc2cc(Cl)ccc2Cl)c1. The van der Waals surface area contributed by atoms with E-state index >= 15 is 0 Å². The van der Waals surface area contributed by atoms with E-state index in [2.05, 4.69) is 5.32 Å². The molecule has 23 heavy (non-hydrogen) atoms. The Morgan fingerprint density at radius 3 is 2.61 bits per heavy atom. The molecule has 9 heteroatoms. The van der Waals surface area contributed by atoms with Crippen molar-refractivity contribution in [3.63, 3.8) is 0 Å². The Morgan fingerprint density at radius 1 is 1.17 bits per heavy atom. The summed E-state index contributed by atoms with van der Waals surface area (Å²) in [6, 6.07) is 10.7. The number of carbonyl (C=O) groups excluding carboxylic acids is 1. The first-order valence-corrected chi connectivity index (χ1v) is 9.55. The van der Waals surface area contributed by atoms with Crippen LogP contribution in [0.25, 0.3) is 0 Å². The summed E-state index contributed by atoms with van der Waals surface area (Å²) in [5.41, 5.74) is 0.347. The molecule has 5 nitrogen and oxygen atoms in total. The summed E-state index contributed by atoms with van der Waals surface area (Å²) >= 11 is 13.1. The monoisotopic (exact) mass is 390 g/mol. The maximum Gasteiger partial charge on any atom is 0.238 e. The van der Waals surface area contributed by atoms with Gasteiger partial charge in [0, 0.05) is 15.6 Å². The molecule has 0 aliphatic heterocycles. The van der Waals surface area contributed by atoms with Crippen LogP contribution in [0.5, 0.6) is 0 Å². The van der Waals surface area contributed by atoms with Crippen LogP contribution < -0.4 is 10.5 Å². The molecule has 1 amide bonds. The van der Waals surface area contributed by atoms with Crippen molar-refractivity contribution in [3.8, 4) is 0 Å². The van der Waals surface area contributed by atoms with Crippen molar-refractivity contribution in [1.29, 1.82) is 0 Å². The van der Waals surface area contributed by atoms with Crippen LogP contribution in [0.2, 0.25) is 10.0 Å². The van der Waals surface area contributed by atoms with Gasteiger partial charge in [0.25, 0.3) is 0 Å². The van der Waals surface area contributed by atoms with Gasteiger partial charge in [-0.25, -0.2) is 13.6 Å². The Kier molecular flexibility index (Phi) is 5.94. The lowest BCUT2D eigenvalue weighted by atomic mass is 10.3. The highest BCUT2D eigenvalue weighted by Gasteiger charge is 2.10. The maximum absolute atomic E-state index is 12.0. The molecule has 0 unspecified atom stereocenters. The third-order valence-electron chi connectivity index (χ3n) is 2.70. The smallest absolute Gasteiger partial charge is 0.238 e. The number of anilines is 1. The molecule has 2 rings (SSSR count). The zero-order valence-corrected chi connectivity index (χ0v) is 14.8. The van der Waals surface area contributed by atoms with E-state index in [-0.39, 0.29) is 16.6 Å². The largest absolute Gasteiger partial charge is 0.325 e. The number of carbonyl (C=O) groups is 1. The molecule has 0 radical (unpaired) electrons. The van der Waals surface area contributed by atoms with Gasteiger partial charge in [-0.1, -0.05) is 29.3 Å². The van der Waals surface area contributed by atoms with Crippen molar-refractivity contribution in [1.82, 2.24) is 0 Å². The molecule has 0 bridgehead atoms. The summed E-state index contributed by atoms with van der Waals surface area (Å²) in [5.74, 6) is -0.211.